The minimum atomic E-state index is 0. The highest BCUT2D eigenvalue weighted by molar-refractivity contribution is 14.0. The molecule has 0 saturated heterocycles. The maximum absolute atomic E-state index is 4.74. The Kier molecular flexibility index (Phi) is 9.53. The van der Waals surface area contributed by atoms with Gasteiger partial charge in [0.1, 0.15) is 12.4 Å². The first-order valence-electron chi connectivity index (χ1n) is 9.71. The molecule has 1 aliphatic rings. The van der Waals surface area contributed by atoms with Crippen LogP contribution in [0.4, 0.5) is 0 Å². The first-order valence-corrected chi connectivity index (χ1v) is 10.6. The molecule has 2 aromatic heterocycles. The molecule has 0 fully saturated rings. The molecule has 1 unspecified atom stereocenters. The fraction of sp³-hybridized carbons (Fsp3) is 0.632. The van der Waals surface area contributed by atoms with Crippen molar-refractivity contribution in [3.8, 4) is 0 Å². The van der Waals surface area contributed by atoms with Crippen LogP contribution < -0.4 is 10.6 Å². The Hall–Kier alpha value is -1.16. The summed E-state index contributed by atoms with van der Waals surface area (Å²) in [4.78, 5) is 6.17. The second-order valence-electron chi connectivity index (χ2n) is 6.96. The molecule has 2 N–H and O–H groups in total. The van der Waals surface area contributed by atoms with Gasteiger partial charge < -0.3 is 15.2 Å². The highest BCUT2D eigenvalue weighted by Crippen LogP contribution is 2.15. The molecule has 27 heavy (non-hydrogen) atoms. The minimum absolute atomic E-state index is 0. The van der Waals surface area contributed by atoms with Crippen molar-refractivity contribution in [3.05, 3.63) is 34.0 Å². The Balaban J connectivity index is 0.00000261. The summed E-state index contributed by atoms with van der Waals surface area (Å²) in [5.74, 6) is 3.51. The zero-order valence-electron chi connectivity index (χ0n) is 16.3. The predicted octanol–water partition coefficient (Wildman–Crippen LogP) is 3.62. The third-order valence-electron chi connectivity index (χ3n) is 4.66. The van der Waals surface area contributed by atoms with E-state index >= 15 is 0 Å². The lowest BCUT2D eigenvalue weighted by atomic mass is 10.1. The molecule has 150 valence electrons. The summed E-state index contributed by atoms with van der Waals surface area (Å²) in [6, 6.07) is 4.32. The number of aromatic nitrogens is 3. The van der Waals surface area contributed by atoms with Crippen molar-refractivity contribution in [3.63, 3.8) is 0 Å². The van der Waals surface area contributed by atoms with Gasteiger partial charge in [-0.05, 0) is 43.6 Å². The molecule has 1 atom stereocenters. The smallest absolute Gasteiger partial charge is 0.191 e. The Morgan fingerprint density at radius 1 is 1.30 bits per heavy atom. The van der Waals surface area contributed by atoms with E-state index in [1.807, 2.05) is 11.3 Å². The van der Waals surface area contributed by atoms with Gasteiger partial charge in [-0.1, -0.05) is 19.4 Å². The highest BCUT2D eigenvalue weighted by atomic mass is 127. The molecule has 0 aliphatic carbocycles. The van der Waals surface area contributed by atoms with Crippen LogP contribution in [0, 0.1) is 5.92 Å². The van der Waals surface area contributed by atoms with Gasteiger partial charge in [0.25, 0.3) is 0 Å². The summed E-state index contributed by atoms with van der Waals surface area (Å²) in [6.07, 6.45) is 5.84. The van der Waals surface area contributed by atoms with Gasteiger partial charge in [-0.25, -0.2) is 4.99 Å². The van der Waals surface area contributed by atoms with Gasteiger partial charge in [-0.2, -0.15) is 0 Å². The molecule has 8 heteroatoms. The number of hydrogen-bond acceptors (Lipinski definition) is 4. The van der Waals surface area contributed by atoms with Crippen molar-refractivity contribution in [1.82, 2.24) is 25.4 Å². The molecule has 0 amide bonds. The number of nitrogens with zero attached hydrogens (tertiary/aromatic N) is 4. The van der Waals surface area contributed by atoms with Gasteiger partial charge in [0.2, 0.25) is 0 Å². The van der Waals surface area contributed by atoms with E-state index in [4.69, 9.17) is 4.99 Å². The summed E-state index contributed by atoms with van der Waals surface area (Å²) in [5.41, 5.74) is 0. The van der Waals surface area contributed by atoms with Gasteiger partial charge in [0.15, 0.2) is 11.8 Å². The third kappa shape index (κ3) is 6.74. The van der Waals surface area contributed by atoms with Gasteiger partial charge >= 0.3 is 0 Å². The summed E-state index contributed by atoms with van der Waals surface area (Å²) >= 11 is 1.83. The van der Waals surface area contributed by atoms with Crippen molar-refractivity contribution in [2.45, 2.75) is 59.0 Å². The number of thiophene rings is 1. The number of halogens is 1. The Morgan fingerprint density at radius 2 is 2.19 bits per heavy atom. The molecule has 0 bridgehead atoms. The van der Waals surface area contributed by atoms with Crippen LogP contribution in [0.15, 0.2) is 22.5 Å². The van der Waals surface area contributed by atoms with Crippen LogP contribution >= 0.6 is 35.3 Å². The number of rotatable bonds is 7. The number of guanidine groups is 1. The minimum Gasteiger partial charge on any atom is -0.357 e. The van der Waals surface area contributed by atoms with Crippen LogP contribution in [0.25, 0.3) is 0 Å². The van der Waals surface area contributed by atoms with Crippen LogP contribution in [0.5, 0.6) is 0 Å². The monoisotopic (exact) mass is 502 g/mol. The lowest BCUT2D eigenvalue weighted by Gasteiger charge is -2.15. The summed E-state index contributed by atoms with van der Waals surface area (Å²) in [5, 5.41) is 17.7. The number of aliphatic imine (C=N–C) groups is 1. The summed E-state index contributed by atoms with van der Waals surface area (Å²) < 4.78 is 2.26. The van der Waals surface area contributed by atoms with Crippen molar-refractivity contribution in [1.29, 1.82) is 0 Å². The number of hydrogen-bond donors (Lipinski definition) is 2. The molecule has 0 spiro atoms. The van der Waals surface area contributed by atoms with Crippen LogP contribution in [-0.2, 0) is 25.9 Å². The van der Waals surface area contributed by atoms with E-state index < -0.39 is 0 Å². The number of aryl methyl sites for hydroxylation is 1. The van der Waals surface area contributed by atoms with E-state index in [1.54, 1.807) is 0 Å². The third-order valence-corrected chi connectivity index (χ3v) is 5.56. The predicted molar refractivity (Wildman–Crippen MR) is 123 cm³/mol. The highest BCUT2D eigenvalue weighted by Gasteiger charge is 2.14. The van der Waals surface area contributed by atoms with Gasteiger partial charge in [-0.3, -0.25) is 0 Å². The molecule has 6 nitrogen and oxygen atoms in total. The second kappa shape index (κ2) is 11.6. The second-order valence-corrected chi connectivity index (χ2v) is 7.99. The lowest BCUT2D eigenvalue weighted by molar-refractivity contribution is 0.561. The Bertz CT molecular complexity index is 697. The van der Waals surface area contributed by atoms with Crippen molar-refractivity contribution >= 4 is 41.3 Å². The zero-order valence-corrected chi connectivity index (χ0v) is 19.4. The normalized spacial score (nSPS) is 15.4. The summed E-state index contributed by atoms with van der Waals surface area (Å²) in [7, 11) is 0. The molecule has 0 aromatic carbocycles. The topological polar surface area (TPSA) is 67.1 Å². The van der Waals surface area contributed by atoms with E-state index in [0.29, 0.717) is 12.5 Å². The molecular weight excluding hydrogens is 471 g/mol. The summed E-state index contributed by atoms with van der Waals surface area (Å²) in [6.45, 7) is 7.71. The van der Waals surface area contributed by atoms with E-state index in [0.717, 1.165) is 50.1 Å². The standard InChI is InChI=1S/C19H30N6S.HI/c1-3-20-19(21-13-15(2)12-16-8-7-11-26-16)22-14-18-24-23-17-9-5-4-6-10-25(17)18;/h7-8,11,15H,3-6,9-10,12-14H2,1-2H3,(H2,20,21,22);1H. The van der Waals surface area contributed by atoms with E-state index in [9.17, 15) is 0 Å². The largest absolute Gasteiger partial charge is 0.357 e. The van der Waals surface area contributed by atoms with Crippen LogP contribution in [0.3, 0.4) is 0 Å². The average molecular weight is 502 g/mol. The average Bonchev–Trinajstić information content (AvgIpc) is 3.21. The molecule has 1 aliphatic heterocycles. The van der Waals surface area contributed by atoms with Crippen molar-refractivity contribution < 1.29 is 0 Å². The molecular formula is C19H31IN6S. The first kappa shape index (κ1) is 22.1. The first-order chi connectivity index (χ1) is 12.8. The maximum Gasteiger partial charge on any atom is 0.191 e. The lowest BCUT2D eigenvalue weighted by Crippen LogP contribution is -2.39. The Morgan fingerprint density at radius 3 is 2.96 bits per heavy atom. The van der Waals surface area contributed by atoms with Crippen LogP contribution in [-0.4, -0.2) is 33.8 Å². The van der Waals surface area contributed by atoms with Gasteiger partial charge in [0.05, 0.1) is 0 Å². The molecule has 3 rings (SSSR count). The van der Waals surface area contributed by atoms with E-state index in [1.165, 1.54) is 24.1 Å². The molecule has 0 saturated carbocycles. The molecule has 2 aromatic rings. The molecule has 0 radical (unpaired) electrons. The number of nitrogens with one attached hydrogen (secondary N) is 2. The van der Waals surface area contributed by atoms with Crippen molar-refractivity contribution in [2.24, 2.45) is 10.9 Å². The van der Waals surface area contributed by atoms with E-state index in [2.05, 4.69) is 56.8 Å². The van der Waals surface area contributed by atoms with Gasteiger partial charge in [-0.15, -0.1) is 45.5 Å². The number of fused-ring (bicyclic) bond motifs is 1. The van der Waals surface area contributed by atoms with E-state index in [-0.39, 0.29) is 24.0 Å². The zero-order chi connectivity index (χ0) is 18.2. The Labute approximate surface area is 183 Å². The quantitative estimate of drug-likeness (QED) is 0.345. The fourth-order valence-electron chi connectivity index (χ4n) is 3.27. The maximum atomic E-state index is 4.74. The molecule has 3 heterocycles. The van der Waals surface area contributed by atoms with Crippen molar-refractivity contribution in [2.75, 3.05) is 13.1 Å². The van der Waals surface area contributed by atoms with Crippen LogP contribution in [0.1, 0.15) is 49.6 Å². The van der Waals surface area contributed by atoms with Gasteiger partial charge in [0, 0.05) is 30.9 Å². The van der Waals surface area contributed by atoms with Crippen LogP contribution in [0.2, 0.25) is 0 Å². The SMILES string of the molecule is CCNC(=NCc1nnc2n1CCCCC2)NCC(C)Cc1cccs1.I. The fourth-order valence-corrected chi connectivity index (χ4v) is 4.14.